The molecule has 18 heavy (non-hydrogen) atoms. The van der Waals surface area contributed by atoms with E-state index in [1.807, 2.05) is 14.1 Å². The lowest BCUT2D eigenvalue weighted by Gasteiger charge is -2.09. The van der Waals surface area contributed by atoms with Crippen molar-refractivity contribution in [2.75, 3.05) is 32.5 Å². The lowest BCUT2D eigenvalue weighted by atomic mass is 10.3. The second-order valence-corrected chi connectivity index (χ2v) is 4.61. The molecule has 1 rings (SSSR count). The molecule has 0 aliphatic heterocycles. The third kappa shape index (κ3) is 5.29. The summed E-state index contributed by atoms with van der Waals surface area (Å²) in [6, 6.07) is 2.62. The van der Waals surface area contributed by atoms with Crippen LogP contribution in [0.1, 0.15) is 12.8 Å². The van der Waals surface area contributed by atoms with Crippen LogP contribution in [-0.2, 0) is 0 Å². The number of rotatable bonds is 7. The van der Waals surface area contributed by atoms with Gasteiger partial charge >= 0.3 is 0 Å². The average molecular weight is 273 g/mol. The first-order chi connectivity index (χ1) is 8.49. The van der Waals surface area contributed by atoms with Crippen LogP contribution < -0.4 is 5.32 Å². The van der Waals surface area contributed by atoms with Gasteiger partial charge in [0.25, 0.3) is 5.69 Å². The van der Waals surface area contributed by atoms with Gasteiger partial charge in [0.15, 0.2) is 0 Å². The van der Waals surface area contributed by atoms with Crippen molar-refractivity contribution in [2.45, 2.75) is 12.8 Å². The lowest BCUT2D eigenvalue weighted by molar-refractivity contribution is -0.384. The summed E-state index contributed by atoms with van der Waals surface area (Å²) < 4.78 is 0. The molecular formula is C11H17ClN4O2. The molecule has 0 radical (unpaired) electrons. The monoisotopic (exact) mass is 272 g/mol. The van der Waals surface area contributed by atoms with Gasteiger partial charge in [-0.25, -0.2) is 4.98 Å². The quantitative estimate of drug-likeness (QED) is 0.357. The van der Waals surface area contributed by atoms with Crippen molar-refractivity contribution in [3.05, 3.63) is 27.4 Å². The van der Waals surface area contributed by atoms with E-state index in [1.165, 1.54) is 12.1 Å². The van der Waals surface area contributed by atoms with Crippen molar-refractivity contribution in [1.82, 2.24) is 9.88 Å². The summed E-state index contributed by atoms with van der Waals surface area (Å²) in [6.07, 6.45) is 2.03. The summed E-state index contributed by atoms with van der Waals surface area (Å²) in [6.45, 7) is 1.74. The Kier molecular flexibility index (Phi) is 5.80. The molecule has 1 N–H and O–H groups in total. The topological polar surface area (TPSA) is 71.3 Å². The minimum atomic E-state index is -0.481. The van der Waals surface area contributed by atoms with Crippen LogP contribution in [0.2, 0.25) is 5.15 Å². The third-order valence-electron chi connectivity index (χ3n) is 2.33. The van der Waals surface area contributed by atoms with E-state index in [0.29, 0.717) is 5.82 Å². The van der Waals surface area contributed by atoms with Crippen LogP contribution in [0.5, 0.6) is 0 Å². The zero-order valence-corrected chi connectivity index (χ0v) is 11.3. The Bertz CT molecular complexity index is 412. The van der Waals surface area contributed by atoms with Gasteiger partial charge in [-0.2, -0.15) is 0 Å². The second-order valence-electron chi connectivity index (χ2n) is 4.23. The van der Waals surface area contributed by atoms with Crippen molar-refractivity contribution >= 4 is 23.1 Å². The molecule has 1 aromatic rings. The smallest absolute Gasteiger partial charge is 0.276 e. The van der Waals surface area contributed by atoms with Crippen LogP contribution in [0, 0.1) is 10.1 Å². The first-order valence-corrected chi connectivity index (χ1v) is 6.07. The molecule has 1 heterocycles. The second kappa shape index (κ2) is 7.13. The molecule has 0 atom stereocenters. The highest BCUT2D eigenvalue weighted by molar-refractivity contribution is 6.29. The highest BCUT2D eigenvalue weighted by atomic mass is 35.5. The molecule has 1 aromatic heterocycles. The van der Waals surface area contributed by atoms with Gasteiger partial charge in [0.2, 0.25) is 0 Å². The van der Waals surface area contributed by atoms with Crippen molar-refractivity contribution < 1.29 is 4.92 Å². The number of nitrogens with zero attached hydrogens (tertiary/aromatic N) is 3. The largest absolute Gasteiger partial charge is 0.370 e. The molecule has 100 valence electrons. The molecule has 0 bridgehead atoms. The molecule has 0 aliphatic rings. The minimum Gasteiger partial charge on any atom is -0.370 e. The van der Waals surface area contributed by atoms with E-state index in [4.69, 9.17) is 11.6 Å². The molecule has 7 heteroatoms. The number of aromatic nitrogens is 1. The maximum atomic E-state index is 10.6. The Morgan fingerprint density at radius 1 is 1.44 bits per heavy atom. The first kappa shape index (κ1) is 14.7. The molecule has 0 unspecified atom stereocenters. The Labute approximate surface area is 111 Å². The third-order valence-corrected chi connectivity index (χ3v) is 2.52. The fourth-order valence-electron chi connectivity index (χ4n) is 1.45. The summed E-state index contributed by atoms with van der Waals surface area (Å²) >= 11 is 5.71. The highest BCUT2D eigenvalue weighted by Gasteiger charge is 2.09. The van der Waals surface area contributed by atoms with E-state index >= 15 is 0 Å². The van der Waals surface area contributed by atoms with Crippen LogP contribution in [0.4, 0.5) is 11.5 Å². The Hall–Kier alpha value is -1.40. The minimum absolute atomic E-state index is 0.0502. The van der Waals surface area contributed by atoms with Gasteiger partial charge in [-0.05, 0) is 33.5 Å². The molecule has 0 aromatic carbocycles. The normalized spacial score (nSPS) is 10.7. The van der Waals surface area contributed by atoms with Crippen LogP contribution in [0.3, 0.4) is 0 Å². The zero-order chi connectivity index (χ0) is 13.5. The lowest BCUT2D eigenvalue weighted by Crippen LogP contribution is -2.14. The van der Waals surface area contributed by atoms with Crippen molar-refractivity contribution in [3.8, 4) is 0 Å². The van der Waals surface area contributed by atoms with E-state index in [2.05, 4.69) is 15.2 Å². The number of anilines is 1. The summed E-state index contributed by atoms with van der Waals surface area (Å²) in [5, 5.41) is 13.8. The standard InChI is InChI=1S/C11H17ClN4O2/c1-15(2)6-4-3-5-13-11-8-9(16(17)18)7-10(12)14-11/h7-8H,3-6H2,1-2H3,(H,13,14). The highest BCUT2D eigenvalue weighted by Crippen LogP contribution is 2.20. The number of nitro groups is 1. The van der Waals surface area contributed by atoms with Crippen LogP contribution >= 0.6 is 11.6 Å². The number of hydrogen-bond acceptors (Lipinski definition) is 5. The number of hydrogen-bond donors (Lipinski definition) is 1. The molecule has 0 amide bonds. The van der Waals surface area contributed by atoms with Gasteiger partial charge in [-0.15, -0.1) is 0 Å². The summed E-state index contributed by atoms with van der Waals surface area (Å²) in [5.74, 6) is 0.444. The summed E-state index contributed by atoms with van der Waals surface area (Å²) in [4.78, 5) is 16.3. The number of unbranched alkanes of at least 4 members (excludes halogenated alkanes) is 1. The van der Waals surface area contributed by atoms with E-state index in [1.54, 1.807) is 0 Å². The molecule has 6 nitrogen and oxygen atoms in total. The summed E-state index contributed by atoms with van der Waals surface area (Å²) in [7, 11) is 4.05. The molecule has 0 aliphatic carbocycles. The molecule has 0 spiro atoms. The van der Waals surface area contributed by atoms with Gasteiger partial charge in [-0.1, -0.05) is 11.6 Å². The predicted octanol–water partition coefficient (Wildman–Crippen LogP) is 2.40. The molecule has 0 saturated carbocycles. The van der Waals surface area contributed by atoms with E-state index in [9.17, 15) is 10.1 Å². The predicted molar refractivity (Wildman–Crippen MR) is 72.2 cm³/mol. The fraction of sp³-hybridized carbons (Fsp3) is 0.545. The number of nitrogens with one attached hydrogen (secondary N) is 1. The summed E-state index contributed by atoms with van der Waals surface area (Å²) in [5.41, 5.74) is -0.0502. The van der Waals surface area contributed by atoms with Crippen LogP contribution in [0.15, 0.2) is 12.1 Å². The van der Waals surface area contributed by atoms with E-state index in [0.717, 1.165) is 25.9 Å². The maximum absolute atomic E-state index is 10.6. The van der Waals surface area contributed by atoms with Crippen molar-refractivity contribution in [3.63, 3.8) is 0 Å². The molecule has 0 saturated heterocycles. The van der Waals surface area contributed by atoms with Gasteiger partial charge in [0.1, 0.15) is 11.0 Å². The van der Waals surface area contributed by atoms with Crippen molar-refractivity contribution in [1.29, 1.82) is 0 Å². The van der Waals surface area contributed by atoms with Crippen LogP contribution in [-0.4, -0.2) is 42.0 Å². The Morgan fingerprint density at radius 3 is 2.78 bits per heavy atom. The SMILES string of the molecule is CN(C)CCCCNc1cc([N+](=O)[O-])cc(Cl)n1. The van der Waals surface area contributed by atoms with Crippen molar-refractivity contribution in [2.24, 2.45) is 0 Å². The van der Waals surface area contributed by atoms with Gasteiger partial charge in [0.05, 0.1) is 17.1 Å². The average Bonchev–Trinajstić information content (AvgIpc) is 2.27. The molecular weight excluding hydrogens is 256 g/mol. The Morgan fingerprint density at radius 2 is 2.17 bits per heavy atom. The first-order valence-electron chi connectivity index (χ1n) is 5.69. The fourth-order valence-corrected chi connectivity index (χ4v) is 1.65. The Balaban J connectivity index is 2.44. The van der Waals surface area contributed by atoms with Gasteiger partial charge in [-0.3, -0.25) is 10.1 Å². The van der Waals surface area contributed by atoms with E-state index in [-0.39, 0.29) is 10.8 Å². The van der Waals surface area contributed by atoms with Gasteiger partial charge < -0.3 is 10.2 Å². The molecule has 0 fully saturated rings. The van der Waals surface area contributed by atoms with E-state index < -0.39 is 4.92 Å². The zero-order valence-electron chi connectivity index (χ0n) is 10.5. The maximum Gasteiger partial charge on any atom is 0.276 e. The number of halogens is 1. The van der Waals surface area contributed by atoms with Crippen LogP contribution in [0.25, 0.3) is 0 Å². The van der Waals surface area contributed by atoms with Gasteiger partial charge in [0, 0.05) is 6.54 Å². The number of pyridine rings is 1.